The highest BCUT2D eigenvalue weighted by Gasteiger charge is 2.24. The number of sulfonamides is 1. The van der Waals surface area contributed by atoms with Gasteiger partial charge in [0.25, 0.3) is 0 Å². The number of rotatable bonds is 7. The first-order chi connectivity index (χ1) is 12.7. The first kappa shape index (κ1) is 20.4. The van der Waals surface area contributed by atoms with Gasteiger partial charge in [-0.3, -0.25) is 13.9 Å². The van der Waals surface area contributed by atoms with E-state index in [-0.39, 0.29) is 18.4 Å². The number of hydrogen-bond acceptors (Lipinski definition) is 4. The van der Waals surface area contributed by atoms with Gasteiger partial charge < -0.3 is 10.2 Å². The van der Waals surface area contributed by atoms with Crippen molar-refractivity contribution >= 4 is 38.9 Å². The van der Waals surface area contributed by atoms with Gasteiger partial charge >= 0.3 is 0 Å². The van der Waals surface area contributed by atoms with Crippen LogP contribution < -0.4 is 14.5 Å². The fraction of sp³-hybridized carbons (Fsp3) is 0.263. The van der Waals surface area contributed by atoms with E-state index in [0.717, 1.165) is 10.6 Å². The SMILES string of the molecule is CCN(C(=O)CN(c1ccc(NC(C)=O)cc1)S(C)(=O)=O)c1ccccc1. The predicted molar refractivity (Wildman–Crippen MR) is 107 cm³/mol. The number of nitrogens with zero attached hydrogens (tertiary/aromatic N) is 2. The molecule has 2 aromatic carbocycles. The molecule has 0 heterocycles. The topological polar surface area (TPSA) is 86.8 Å². The maximum absolute atomic E-state index is 12.8. The van der Waals surface area contributed by atoms with Crippen LogP contribution in [-0.2, 0) is 19.6 Å². The molecule has 7 nitrogen and oxygen atoms in total. The van der Waals surface area contributed by atoms with Crippen LogP contribution in [-0.4, -0.2) is 39.6 Å². The van der Waals surface area contributed by atoms with Crippen LogP contribution in [0.3, 0.4) is 0 Å². The molecule has 0 aliphatic heterocycles. The van der Waals surface area contributed by atoms with Crippen LogP contribution in [0.2, 0.25) is 0 Å². The summed E-state index contributed by atoms with van der Waals surface area (Å²) in [6.45, 7) is 3.32. The van der Waals surface area contributed by atoms with Gasteiger partial charge in [0.05, 0.1) is 11.9 Å². The number of amides is 2. The van der Waals surface area contributed by atoms with Gasteiger partial charge in [0.2, 0.25) is 21.8 Å². The highest BCUT2D eigenvalue weighted by atomic mass is 32.2. The normalized spacial score (nSPS) is 10.9. The minimum Gasteiger partial charge on any atom is -0.326 e. The van der Waals surface area contributed by atoms with Crippen molar-refractivity contribution in [3.63, 3.8) is 0 Å². The van der Waals surface area contributed by atoms with Gasteiger partial charge in [-0.15, -0.1) is 0 Å². The number of likely N-dealkylation sites (N-methyl/N-ethyl adjacent to an activating group) is 1. The molecular formula is C19H23N3O4S. The van der Waals surface area contributed by atoms with E-state index in [1.807, 2.05) is 25.1 Å². The summed E-state index contributed by atoms with van der Waals surface area (Å²) in [6.07, 6.45) is 1.06. The lowest BCUT2D eigenvalue weighted by Gasteiger charge is -2.27. The lowest BCUT2D eigenvalue weighted by molar-refractivity contribution is -0.117. The zero-order valence-corrected chi connectivity index (χ0v) is 16.4. The first-order valence-electron chi connectivity index (χ1n) is 8.43. The van der Waals surface area contributed by atoms with E-state index < -0.39 is 10.0 Å². The first-order valence-corrected chi connectivity index (χ1v) is 10.3. The average molecular weight is 389 g/mol. The number of nitrogens with one attached hydrogen (secondary N) is 1. The van der Waals surface area contributed by atoms with Gasteiger partial charge in [0, 0.05) is 24.8 Å². The second-order valence-corrected chi connectivity index (χ2v) is 7.88. The van der Waals surface area contributed by atoms with Crippen LogP contribution in [0.15, 0.2) is 54.6 Å². The van der Waals surface area contributed by atoms with Gasteiger partial charge in [-0.05, 0) is 43.3 Å². The summed E-state index contributed by atoms with van der Waals surface area (Å²) in [6, 6.07) is 15.4. The third-order valence-corrected chi connectivity index (χ3v) is 4.98. The molecule has 0 unspecified atom stereocenters. The molecule has 0 radical (unpaired) electrons. The molecule has 0 spiro atoms. The summed E-state index contributed by atoms with van der Waals surface area (Å²) >= 11 is 0. The van der Waals surface area contributed by atoms with Crippen LogP contribution >= 0.6 is 0 Å². The molecule has 0 saturated heterocycles. The molecule has 0 aliphatic rings. The van der Waals surface area contributed by atoms with Crippen molar-refractivity contribution in [2.75, 3.05) is 33.9 Å². The monoisotopic (exact) mass is 389 g/mol. The van der Waals surface area contributed by atoms with Gasteiger partial charge in [-0.1, -0.05) is 18.2 Å². The third-order valence-electron chi connectivity index (χ3n) is 3.84. The molecule has 0 fully saturated rings. The Balaban J connectivity index is 2.27. The highest BCUT2D eigenvalue weighted by Crippen LogP contribution is 2.22. The summed E-state index contributed by atoms with van der Waals surface area (Å²) in [5, 5.41) is 2.62. The molecule has 0 aliphatic carbocycles. The molecule has 2 amide bonds. The molecule has 0 aromatic heterocycles. The van der Waals surface area contributed by atoms with Gasteiger partial charge in [-0.25, -0.2) is 8.42 Å². The molecule has 144 valence electrons. The number of para-hydroxylation sites is 1. The zero-order valence-electron chi connectivity index (χ0n) is 15.5. The standard InChI is InChI=1S/C19H23N3O4S/c1-4-21(17-8-6-5-7-9-17)19(24)14-22(27(3,25)26)18-12-10-16(11-13-18)20-15(2)23/h5-13H,4,14H2,1-3H3,(H,20,23). The van der Waals surface area contributed by atoms with E-state index in [1.54, 1.807) is 36.4 Å². The largest absolute Gasteiger partial charge is 0.326 e. The van der Waals surface area contributed by atoms with Gasteiger partial charge in [0.15, 0.2) is 0 Å². The van der Waals surface area contributed by atoms with Gasteiger partial charge in [-0.2, -0.15) is 0 Å². The molecule has 2 rings (SSSR count). The fourth-order valence-electron chi connectivity index (χ4n) is 2.63. The number of carbonyl (C=O) groups is 2. The Kier molecular flexibility index (Phi) is 6.57. The lowest BCUT2D eigenvalue weighted by Crippen LogP contribution is -2.42. The Morgan fingerprint density at radius 3 is 2.04 bits per heavy atom. The van der Waals surface area contributed by atoms with E-state index in [9.17, 15) is 18.0 Å². The van der Waals surface area contributed by atoms with E-state index in [1.165, 1.54) is 11.8 Å². The molecular weight excluding hydrogens is 366 g/mol. The summed E-state index contributed by atoms with van der Waals surface area (Å²) in [5.41, 5.74) is 1.61. The smallest absolute Gasteiger partial charge is 0.247 e. The Morgan fingerprint density at radius 1 is 0.963 bits per heavy atom. The maximum atomic E-state index is 12.8. The van der Waals surface area contributed by atoms with E-state index in [0.29, 0.717) is 23.6 Å². The van der Waals surface area contributed by atoms with Crippen molar-refractivity contribution in [1.29, 1.82) is 0 Å². The zero-order chi connectivity index (χ0) is 20.0. The van der Waals surface area contributed by atoms with Crippen molar-refractivity contribution in [1.82, 2.24) is 0 Å². The second kappa shape index (κ2) is 8.68. The van der Waals surface area contributed by atoms with Crippen molar-refractivity contribution in [2.45, 2.75) is 13.8 Å². The Bertz CT molecular complexity index is 896. The number of anilines is 3. The molecule has 27 heavy (non-hydrogen) atoms. The Hall–Kier alpha value is -2.87. The van der Waals surface area contributed by atoms with E-state index in [2.05, 4.69) is 5.32 Å². The average Bonchev–Trinajstić information content (AvgIpc) is 2.61. The molecule has 0 atom stereocenters. The van der Waals surface area contributed by atoms with E-state index in [4.69, 9.17) is 0 Å². The van der Waals surface area contributed by atoms with Crippen molar-refractivity contribution < 1.29 is 18.0 Å². The van der Waals surface area contributed by atoms with E-state index >= 15 is 0 Å². The second-order valence-electron chi connectivity index (χ2n) is 5.97. The minimum absolute atomic E-state index is 0.223. The minimum atomic E-state index is -3.67. The number of benzene rings is 2. The summed E-state index contributed by atoms with van der Waals surface area (Å²) in [7, 11) is -3.67. The summed E-state index contributed by atoms with van der Waals surface area (Å²) < 4.78 is 25.6. The number of hydrogen-bond donors (Lipinski definition) is 1. The van der Waals surface area contributed by atoms with Crippen LogP contribution in [0.1, 0.15) is 13.8 Å². The number of carbonyl (C=O) groups excluding carboxylic acids is 2. The van der Waals surface area contributed by atoms with Crippen molar-refractivity contribution in [2.24, 2.45) is 0 Å². The predicted octanol–water partition coefficient (Wildman–Crippen LogP) is 2.46. The maximum Gasteiger partial charge on any atom is 0.247 e. The van der Waals surface area contributed by atoms with Crippen LogP contribution in [0, 0.1) is 0 Å². The Morgan fingerprint density at radius 2 is 1.56 bits per heavy atom. The summed E-state index contributed by atoms with van der Waals surface area (Å²) in [5.74, 6) is -0.556. The molecule has 8 heteroatoms. The molecule has 0 bridgehead atoms. The van der Waals surface area contributed by atoms with Crippen LogP contribution in [0.25, 0.3) is 0 Å². The van der Waals surface area contributed by atoms with Gasteiger partial charge in [0.1, 0.15) is 6.54 Å². The molecule has 0 saturated carbocycles. The molecule has 1 N–H and O–H groups in total. The quantitative estimate of drug-likeness (QED) is 0.788. The lowest BCUT2D eigenvalue weighted by atomic mass is 10.2. The third kappa shape index (κ3) is 5.55. The Labute approximate surface area is 159 Å². The van der Waals surface area contributed by atoms with Crippen molar-refractivity contribution in [3.05, 3.63) is 54.6 Å². The van der Waals surface area contributed by atoms with Crippen molar-refractivity contribution in [3.8, 4) is 0 Å². The molecule has 2 aromatic rings. The fourth-order valence-corrected chi connectivity index (χ4v) is 3.48. The summed E-state index contributed by atoms with van der Waals surface area (Å²) in [4.78, 5) is 25.4. The van der Waals surface area contributed by atoms with Crippen LogP contribution in [0.5, 0.6) is 0 Å². The van der Waals surface area contributed by atoms with Crippen LogP contribution in [0.4, 0.5) is 17.1 Å². The highest BCUT2D eigenvalue weighted by molar-refractivity contribution is 7.92.